The first-order valence-electron chi connectivity index (χ1n) is 14.4. The first-order chi connectivity index (χ1) is 21.2. The van der Waals surface area contributed by atoms with E-state index in [1.807, 2.05) is 37.3 Å². The highest BCUT2D eigenvalue weighted by Crippen LogP contribution is 2.34. The van der Waals surface area contributed by atoms with E-state index in [0.717, 1.165) is 22.4 Å². The number of urea groups is 1. The molecule has 0 aliphatic carbocycles. The van der Waals surface area contributed by atoms with Gasteiger partial charge in [0, 0.05) is 48.7 Å². The third-order valence-electron chi connectivity index (χ3n) is 7.92. The number of carboxylic acid groups (broad SMARTS) is 1. The van der Waals surface area contributed by atoms with Gasteiger partial charge in [-0.25, -0.2) is 4.79 Å². The van der Waals surface area contributed by atoms with Crippen LogP contribution in [0.15, 0.2) is 103 Å². The number of rotatable bonds is 8. The molecule has 5 rings (SSSR count). The van der Waals surface area contributed by atoms with Gasteiger partial charge >= 0.3 is 12.0 Å². The lowest BCUT2D eigenvalue weighted by atomic mass is 9.89. The van der Waals surface area contributed by atoms with Crippen molar-refractivity contribution in [3.05, 3.63) is 125 Å². The van der Waals surface area contributed by atoms with Gasteiger partial charge in [0.2, 0.25) is 5.91 Å². The van der Waals surface area contributed by atoms with Crippen LogP contribution in [0.1, 0.15) is 33.0 Å². The number of hydrogen-bond donors (Lipinski definition) is 3. The Morgan fingerprint density at radius 2 is 1.41 bits per heavy atom. The van der Waals surface area contributed by atoms with E-state index in [9.17, 15) is 24.3 Å². The summed E-state index contributed by atoms with van der Waals surface area (Å²) in [5, 5.41) is 15.6. The molecule has 0 radical (unpaired) electrons. The van der Waals surface area contributed by atoms with Gasteiger partial charge in [0.05, 0.1) is 12.3 Å². The normalized spacial score (nSPS) is 15.8. The predicted octanol–water partition coefficient (Wildman–Crippen LogP) is 5.78. The molecule has 1 aliphatic heterocycles. The van der Waals surface area contributed by atoms with E-state index < -0.39 is 11.9 Å². The van der Waals surface area contributed by atoms with Crippen molar-refractivity contribution in [2.75, 3.05) is 35.7 Å². The number of amides is 4. The molecule has 0 spiro atoms. The van der Waals surface area contributed by atoms with E-state index in [2.05, 4.69) is 10.6 Å². The zero-order chi connectivity index (χ0) is 31.2. The molecule has 4 aromatic carbocycles. The van der Waals surface area contributed by atoms with E-state index >= 15 is 0 Å². The molecule has 4 amide bonds. The lowest BCUT2D eigenvalue weighted by molar-refractivity contribution is -0.141. The Morgan fingerprint density at radius 3 is 2.07 bits per heavy atom. The number of hydrogen-bond acceptors (Lipinski definition) is 4. The smallest absolute Gasteiger partial charge is 0.326 e. The minimum absolute atomic E-state index is 0.137. The molecular weight excluding hydrogens is 556 g/mol. The average Bonchev–Trinajstić information content (AvgIpc) is 3.48. The van der Waals surface area contributed by atoms with E-state index in [1.165, 1.54) is 0 Å². The molecule has 44 heavy (non-hydrogen) atoms. The van der Waals surface area contributed by atoms with Gasteiger partial charge in [-0.3, -0.25) is 19.3 Å². The third-order valence-corrected chi connectivity index (χ3v) is 7.92. The largest absolute Gasteiger partial charge is 0.481 e. The number of carbonyl (C=O) groups excluding carboxylic acids is 3. The third kappa shape index (κ3) is 6.95. The van der Waals surface area contributed by atoms with Gasteiger partial charge < -0.3 is 20.6 Å². The van der Waals surface area contributed by atoms with E-state index in [1.54, 1.807) is 89.6 Å². The molecule has 2 unspecified atom stereocenters. The van der Waals surface area contributed by atoms with Crippen molar-refractivity contribution in [1.29, 1.82) is 0 Å². The van der Waals surface area contributed by atoms with Crippen molar-refractivity contribution in [3.8, 4) is 0 Å². The maximum absolute atomic E-state index is 12.9. The molecule has 1 aliphatic rings. The van der Waals surface area contributed by atoms with Crippen LogP contribution < -0.4 is 15.5 Å². The number of aryl methyl sites for hydroxylation is 1. The minimum atomic E-state index is -0.945. The number of nitrogens with one attached hydrogen (secondary N) is 2. The first kappa shape index (κ1) is 30.0. The van der Waals surface area contributed by atoms with Crippen LogP contribution in [-0.4, -0.2) is 54.0 Å². The van der Waals surface area contributed by atoms with Gasteiger partial charge in [0.25, 0.3) is 5.91 Å². The standard InChI is InChI=1S/C35H34N4O5/c1-23-8-6-7-11-31(23)38(2)35(44)37-28-16-12-24(13-17-28)20-32(40)36-27-18-14-25(15-19-27)29-21-39(22-30(29)34(42)43)33(41)26-9-4-3-5-10-26/h3-19,29-30H,20-22H2,1-2H3,(H,36,40)(H,37,44)(H,42,43). The van der Waals surface area contributed by atoms with Gasteiger partial charge in [0.1, 0.15) is 0 Å². The number of carboxylic acids is 1. The van der Waals surface area contributed by atoms with Crippen molar-refractivity contribution >= 4 is 40.9 Å². The molecule has 9 nitrogen and oxygen atoms in total. The predicted molar refractivity (Wildman–Crippen MR) is 170 cm³/mol. The van der Waals surface area contributed by atoms with Crippen LogP contribution in [0, 0.1) is 12.8 Å². The number of anilines is 3. The van der Waals surface area contributed by atoms with Gasteiger partial charge in [-0.15, -0.1) is 0 Å². The summed E-state index contributed by atoms with van der Waals surface area (Å²) in [6.45, 7) is 2.38. The fourth-order valence-electron chi connectivity index (χ4n) is 5.49. The van der Waals surface area contributed by atoms with Crippen LogP contribution in [0.4, 0.5) is 21.9 Å². The SMILES string of the molecule is Cc1ccccc1N(C)C(=O)Nc1ccc(CC(=O)Nc2ccc(C3CN(C(=O)c4ccccc4)CC3C(=O)O)cc2)cc1. The second kappa shape index (κ2) is 13.2. The zero-order valence-electron chi connectivity index (χ0n) is 24.6. The number of aliphatic carboxylic acids is 1. The molecule has 1 saturated heterocycles. The summed E-state index contributed by atoms with van der Waals surface area (Å²) in [5.74, 6) is -2.43. The summed E-state index contributed by atoms with van der Waals surface area (Å²) in [6.07, 6.45) is 0.138. The lowest BCUT2D eigenvalue weighted by Crippen LogP contribution is -2.31. The molecule has 9 heteroatoms. The highest BCUT2D eigenvalue weighted by molar-refractivity contribution is 6.02. The average molecular weight is 591 g/mol. The number of benzene rings is 4. The molecule has 4 aromatic rings. The minimum Gasteiger partial charge on any atom is -0.481 e. The second-order valence-corrected chi connectivity index (χ2v) is 10.9. The van der Waals surface area contributed by atoms with Gasteiger partial charge in [-0.05, 0) is 66.1 Å². The van der Waals surface area contributed by atoms with Gasteiger partial charge in [-0.1, -0.05) is 60.7 Å². The van der Waals surface area contributed by atoms with Crippen LogP contribution in [0.2, 0.25) is 0 Å². The van der Waals surface area contributed by atoms with E-state index in [0.29, 0.717) is 23.5 Å². The topological polar surface area (TPSA) is 119 Å². The summed E-state index contributed by atoms with van der Waals surface area (Å²) in [4.78, 5) is 53.6. The highest BCUT2D eigenvalue weighted by Gasteiger charge is 2.40. The fraction of sp³-hybridized carbons (Fsp3) is 0.200. The van der Waals surface area contributed by atoms with Crippen LogP contribution in [0.25, 0.3) is 0 Å². The molecular formula is C35H34N4O5. The fourth-order valence-corrected chi connectivity index (χ4v) is 5.49. The van der Waals surface area contributed by atoms with E-state index in [4.69, 9.17) is 0 Å². The first-order valence-corrected chi connectivity index (χ1v) is 14.4. The molecule has 1 heterocycles. The molecule has 0 bridgehead atoms. The Bertz CT molecular complexity index is 1660. The number of para-hydroxylation sites is 1. The number of nitrogens with zero attached hydrogens (tertiary/aromatic N) is 2. The van der Waals surface area contributed by atoms with Crippen LogP contribution >= 0.6 is 0 Å². The van der Waals surface area contributed by atoms with Crippen molar-refractivity contribution < 1.29 is 24.3 Å². The molecule has 0 saturated carbocycles. The Labute approximate surface area is 256 Å². The monoisotopic (exact) mass is 590 g/mol. The van der Waals surface area contributed by atoms with Crippen LogP contribution in [-0.2, 0) is 16.0 Å². The molecule has 224 valence electrons. The quantitative estimate of drug-likeness (QED) is 0.240. The number of carbonyl (C=O) groups is 4. The summed E-state index contributed by atoms with van der Waals surface area (Å²) in [6, 6.07) is 30.4. The van der Waals surface area contributed by atoms with Gasteiger partial charge in [-0.2, -0.15) is 0 Å². The molecule has 2 atom stereocenters. The maximum Gasteiger partial charge on any atom is 0.326 e. The summed E-state index contributed by atoms with van der Waals surface area (Å²) in [7, 11) is 1.71. The second-order valence-electron chi connectivity index (χ2n) is 10.9. The molecule has 1 fully saturated rings. The van der Waals surface area contributed by atoms with Crippen LogP contribution in [0.5, 0.6) is 0 Å². The Kier molecular flexibility index (Phi) is 9.04. The lowest BCUT2D eigenvalue weighted by Gasteiger charge is -2.20. The Hall–Kier alpha value is -5.44. The van der Waals surface area contributed by atoms with Crippen LogP contribution in [0.3, 0.4) is 0 Å². The highest BCUT2D eigenvalue weighted by atomic mass is 16.4. The Morgan fingerprint density at radius 1 is 0.795 bits per heavy atom. The summed E-state index contributed by atoms with van der Waals surface area (Å²) >= 11 is 0. The molecule has 0 aromatic heterocycles. The summed E-state index contributed by atoms with van der Waals surface area (Å²) in [5.41, 5.74) is 5.12. The summed E-state index contributed by atoms with van der Waals surface area (Å²) < 4.78 is 0. The van der Waals surface area contributed by atoms with Crippen molar-refractivity contribution in [3.63, 3.8) is 0 Å². The van der Waals surface area contributed by atoms with Gasteiger partial charge in [0.15, 0.2) is 0 Å². The van der Waals surface area contributed by atoms with Crippen molar-refractivity contribution in [1.82, 2.24) is 4.90 Å². The van der Waals surface area contributed by atoms with Crippen molar-refractivity contribution in [2.45, 2.75) is 19.3 Å². The maximum atomic E-state index is 12.9. The number of likely N-dealkylation sites (tertiary alicyclic amines) is 1. The zero-order valence-corrected chi connectivity index (χ0v) is 24.6. The molecule has 3 N–H and O–H groups in total. The Balaban J connectivity index is 1.16. The van der Waals surface area contributed by atoms with E-state index in [-0.39, 0.29) is 36.7 Å². The van der Waals surface area contributed by atoms with Crippen molar-refractivity contribution in [2.24, 2.45) is 5.92 Å².